The number of hydrogen-bond donors (Lipinski definition) is 0. The molecule has 0 aliphatic heterocycles. The molecule has 0 aliphatic rings. The summed E-state index contributed by atoms with van der Waals surface area (Å²) in [5.74, 6) is -0.464. The highest BCUT2D eigenvalue weighted by molar-refractivity contribution is 5.96. The summed E-state index contributed by atoms with van der Waals surface area (Å²) < 4.78 is 40.3. The number of aryl methyl sites for hydroxylation is 1. The molecule has 30 heavy (non-hydrogen) atoms. The van der Waals surface area contributed by atoms with Crippen molar-refractivity contribution in [2.75, 3.05) is 0 Å². The van der Waals surface area contributed by atoms with Crippen molar-refractivity contribution in [3.8, 4) is 0 Å². The Labute approximate surface area is 169 Å². The van der Waals surface area contributed by atoms with Crippen LogP contribution in [-0.4, -0.2) is 19.9 Å². The van der Waals surface area contributed by atoms with Gasteiger partial charge in [-0.25, -0.2) is 9.78 Å². The smallest absolute Gasteiger partial charge is 0.292 e. The summed E-state index contributed by atoms with van der Waals surface area (Å²) >= 11 is 0. The van der Waals surface area contributed by atoms with Gasteiger partial charge in [0.15, 0.2) is 5.78 Å². The van der Waals surface area contributed by atoms with Crippen LogP contribution < -0.4 is 11.2 Å². The fourth-order valence-electron chi connectivity index (χ4n) is 3.06. The van der Waals surface area contributed by atoms with E-state index in [1.807, 2.05) is 20.8 Å². The predicted octanol–water partition coefficient (Wildman–Crippen LogP) is 3.29. The van der Waals surface area contributed by atoms with E-state index in [0.29, 0.717) is 16.2 Å². The van der Waals surface area contributed by atoms with Crippen LogP contribution in [0.1, 0.15) is 42.4 Å². The van der Waals surface area contributed by atoms with Gasteiger partial charge in [0.2, 0.25) is 0 Å². The Morgan fingerprint density at radius 3 is 2.13 bits per heavy atom. The van der Waals surface area contributed by atoms with E-state index in [1.165, 1.54) is 7.05 Å². The molecule has 0 amide bonds. The minimum Gasteiger partial charge on any atom is -0.292 e. The number of rotatable bonds is 3. The fourth-order valence-corrected chi connectivity index (χ4v) is 3.06. The number of nitrogens with zero attached hydrogens (tertiary/aromatic N) is 3. The number of carbonyl (C=O) groups excluding carboxylic acids is 1. The summed E-state index contributed by atoms with van der Waals surface area (Å²) in [6.45, 7) is 5.55. The van der Waals surface area contributed by atoms with E-state index in [0.717, 1.165) is 16.2 Å². The molecule has 2 aromatic heterocycles. The van der Waals surface area contributed by atoms with E-state index in [9.17, 15) is 27.6 Å². The topological polar surface area (TPSA) is 74.0 Å². The third-order valence-electron chi connectivity index (χ3n) is 4.85. The molecule has 0 bridgehead atoms. The molecule has 0 aliphatic carbocycles. The first-order valence-corrected chi connectivity index (χ1v) is 9.12. The highest BCUT2D eigenvalue weighted by Crippen LogP contribution is 2.28. The molecule has 0 saturated heterocycles. The molecule has 1 aromatic carbocycles. The van der Waals surface area contributed by atoms with Crippen molar-refractivity contribution in [3.05, 3.63) is 74.1 Å². The molecule has 0 spiro atoms. The van der Waals surface area contributed by atoms with Gasteiger partial charge in [0.1, 0.15) is 11.3 Å². The Morgan fingerprint density at radius 1 is 1.00 bits per heavy atom. The second-order valence-corrected chi connectivity index (χ2v) is 8.05. The number of benzene rings is 1. The molecule has 0 atom stereocenters. The molecule has 0 unspecified atom stereocenters. The molecular formula is C21H20F3N3O3. The van der Waals surface area contributed by atoms with E-state index in [-0.39, 0.29) is 10.8 Å². The highest BCUT2D eigenvalue weighted by atomic mass is 19.4. The zero-order valence-corrected chi connectivity index (χ0v) is 16.9. The monoisotopic (exact) mass is 419 g/mol. The number of alkyl halides is 3. The Morgan fingerprint density at radius 2 is 1.60 bits per heavy atom. The molecule has 3 aromatic rings. The largest absolute Gasteiger partial charge is 0.433 e. The lowest BCUT2D eigenvalue weighted by molar-refractivity contribution is -0.141. The number of halogens is 3. The van der Waals surface area contributed by atoms with E-state index in [2.05, 4.69) is 4.98 Å². The summed E-state index contributed by atoms with van der Waals surface area (Å²) in [5, 5.41) is -0.180. The average Bonchev–Trinajstić information content (AvgIpc) is 2.67. The van der Waals surface area contributed by atoms with E-state index < -0.39 is 41.1 Å². The van der Waals surface area contributed by atoms with Crippen LogP contribution in [0, 0.1) is 0 Å². The molecule has 9 heteroatoms. The molecule has 0 radical (unpaired) electrons. The van der Waals surface area contributed by atoms with Gasteiger partial charge in [-0.2, -0.15) is 13.2 Å². The van der Waals surface area contributed by atoms with Gasteiger partial charge in [0, 0.05) is 12.6 Å². The predicted molar refractivity (Wildman–Crippen MR) is 106 cm³/mol. The van der Waals surface area contributed by atoms with Crippen LogP contribution in [0.4, 0.5) is 13.2 Å². The molecule has 3 rings (SSSR count). The van der Waals surface area contributed by atoms with E-state index >= 15 is 0 Å². The van der Waals surface area contributed by atoms with E-state index in [4.69, 9.17) is 0 Å². The van der Waals surface area contributed by atoms with Gasteiger partial charge in [0.25, 0.3) is 5.56 Å². The number of ketones is 1. The maximum Gasteiger partial charge on any atom is 0.433 e. The fraction of sp³-hybridized carbons (Fsp3) is 0.333. The van der Waals surface area contributed by atoms with Crippen LogP contribution in [-0.2, 0) is 25.2 Å². The molecule has 2 heterocycles. The third-order valence-corrected chi connectivity index (χ3v) is 4.85. The summed E-state index contributed by atoms with van der Waals surface area (Å²) in [6, 6.07) is 8.49. The van der Waals surface area contributed by atoms with Crippen molar-refractivity contribution in [2.45, 2.75) is 38.9 Å². The van der Waals surface area contributed by atoms with Gasteiger partial charge in [-0.15, -0.1) is 0 Å². The Hall–Kier alpha value is -3.23. The van der Waals surface area contributed by atoms with Crippen molar-refractivity contribution >= 4 is 16.8 Å². The van der Waals surface area contributed by atoms with Gasteiger partial charge in [-0.1, -0.05) is 45.0 Å². The molecular weight excluding hydrogens is 399 g/mol. The Kier molecular flexibility index (Phi) is 5.17. The lowest BCUT2D eigenvalue weighted by Gasteiger charge is -2.19. The van der Waals surface area contributed by atoms with Gasteiger partial charge >= 0.3 is 11.9 Å². The quantitative estimate of drug-likeness (QED) is 0.611. The average molecular weight is 419 g/mol. The SMILES string of the molecule is Cn1c(=O)n(CC(=O)c2ccc(C(C)(C)C)cc2)c(=O)c2ccc(C(F)(F)F)nc21. The second-order valence-electron chi connectivity index (χ2n) is 8.05. The number of pyridine rings is 1. The molecule has 6 nitrogen and oxygen atoms in total. The second kappa shape index (κ2) is 7.23. The maximum absolute atomic E-state index is 12.9. The Bertz CT molecular complexity index is 1250. The number of carbonyl (C=O) groups is 1. The lowest BCUT2D eigenvalue weighted by atomic mass is 9.86. The van der Waals surface area contributed by atoms with Crippen LogP contribution >= 0.6 is 0 Å². The van der Waals surface area contributed by atoms with Gasteiger partial charge < -0.3 is 0 Å². The van der Waals surface area contributed by atoms with Crippen LogP contribution in [0.2, 0.25) is 0 Å². The van der Waals surface area contributed by atoms with Crippen LogP contribution in [0.15, 0.2) is 46.0 Å². The lowest BCUT2D eigenvalue weighted by Crippen LogP contribution is -2.41. The normalized spacial score (nSPS) is 12.4. The first-order chi connectivity index (χ1) is 13.8. The van der Waals surface area contributed by atoms with E-state index in [1.54, 1.807) is 24.3 Å². The minimum absolute atomic E-state index is 0.102. The van der Waals surface area contributed by atoms with Crippen molar-refractivity contribution in [1.29, 1.82) is 0 Å². The van der Waals surface area contributed by atoms with Crippen LogP contribution in [0.5, 0.6) is 0 Å². The standard InChI is InChI=1S/C21H20F3N3O3/c1-20(2,3)13-7-5-12(6-8-13)15(28)11-27-18(29)14-9-10-16(21(22,23)24)25-17(14)26(4)19(27)30/h5-10H,11H2,1-4H3. The highest BCUT2D eigenvalue weighted by Gasteiger charge is 2.33. The van der Waals surface area contributed by atoms with Crippen LogP contribution in [0.25, 0.3) is 11.0 Å². The summed E-state index contributed by atoms with van der Waals surface area (Å²) in [7, 11) is 1.20. The maximum atomic E-state index is 12.9. The minimum atomic E-state index is -4.71. The van der Waals surface area contributed by atoms with Gasteiger partial charge in [-0.3, -0.25) is 18.7 Å². The van der Waals surface area contributed by atoms with Gasteiger partial charge in [-0.05, 0) is 23.1 Å². The zero-order chi connectivity index (χ0) is 22.4. The summed E-state index contributed by atoms with van der Waals surface area (Å²) in [5.41, 5.74) is -2.15. The number of fused-ring (bicyclic) bond motifs is 1. The van der Waals surface area contributed by atoms with Crippen molar-refractivity contribution in [1.82, 2.24) is 14.1 Å². The first kappa shape index (κ1) is 21.5. The van der Waals surface area contributed by atoms with Crippen molar-refractivity contribution < 1.29 is 18.0 Å². The number of aromatic nitrogens is 3. The summed E-state index contributed by atoms with van der Waals surface area (Å²) in [4.78, 5) is 41.3. The van der Waals surface area contributed by atoms with Crippen molar-refractivity contribution in [3.63, 3.8) is 0 Å². The number of hydrogen-bond acceptors (Lipinski definition) is 4. The molecule has 0 fully saturated rings. The Balaban J connectivity index is 2.03. The van der Waals surface area contributed by atoms with Crippen molar-refractivity contribution in [2.24, 2.45) is 7.05 Å². The first-order valence-electron chi connectivity index (χ1n) is 9.12. The zero-order valence-electron chi connectivity index (χ0n) is 16.9. The van der Waals surface area contributed by atoms with Crippen LogP contribution in [0.3, 0.4) is 0 Å². The molecule has 0 N–H and O–H groups in total. The summed E-state index contributed by atoms with van der Waals surface area (Å²) in [6.07, 6.45) is -4.71. The molecule has 158 valence electrons. The molecule has 0 saturated carbocycles. The number of Topliss-reactive ketones (excluding diaryl/α,β-unsaturated/α-hetero) is 1. The third kappa shape index (κ3) is 3.92. The van der Waals surface area contributed by atoms with Gasteiger partial charge in [0.05, 0.1) is 11.9 Å².